The summed E-state index contributed by atoms with van der Waals surface area (Å²) in [5.41, 5.74) is 2.00. The zero-order valence-electron chi connectivity index (χ0n) is 15.1. The van der Waals surface area contributed by atoms with Gasteiger partial charge in [0.15, 0.2) is 0 Å². The topological polar surface area (TPSA) is 67.4 Å². The van der Waals surface area contributed by atoms with Crippen molar-refractivity contribution < 1.29 is 14.3 Å². The lowest BCUT2D eigenvalue weighted by Gasteiger charge is -2.15. The molecule has 0 aromatic heterocycles. The first kappa shape index (κ1) is 19.0. The van der Waals surface area contributed by atoms with Crippen LogP contribution in [0.15, 0.2) is 35.9 Å². The molecule has 2 N–H and O–H groups in total. The fourth-order valence-corrected chi connectivity index (χ4v) is 2.82. The second-order valence-electron chi connectivity index (χ2n) is 6.60. The molecule has 1 aliphatic rings. The van der Waals surface area contributed by atoms with Gasteiger partial charge in [-0.25, -0.2) is 0 Å². The van der Waals surface area contributed by atoms with Gasteiger partial charge >= 0.3 is 0 Å². The lowest BCUT2D eigenvalue weighted by Crippen LogP contribution is -2.29. The van der Waals surface area contributed by atoms with Crippen LogP contribution >= 0.6 is 0 Å². The summed E-state index contributed by atoms with van der Waals surface area (Å²) in [6, 6.07) is 7.23. The Morgan fingerprint density at radius 2 is 1.96 bits per heavy atom. The van der Waals surface area contributed by atoms with Gasteiger partial charge in [0.1, 0.15) is 12.2 Å². The molecule has 0 atom stereocenters. The molecule has 136 valence electrons. The summed E-state index contributed by atoms with van der Waals surface area (Å²) in [6.07, 6.45) is 7.74. The fraction of sp³-hybridized carbons (Fsp3) is 0.500. The molecule has 0 spiro atoms. The van der Waals surface area contributed by atoms with Crippen LogP contribution in [-0.4, -0.2) is 24.5 Å². The maximum absolute atomic E-state index is 12.1. The summed E-state index contributed by atoms with van der Waals surface area (Å²) in [5.74, 6) is 0.0147. The number of rotatable bonds is 8. The molecule has 2 amide bonds. The average molecular weight is 344 g/mol. The molecule has 2 rings (SSSR count). The molecule has 0 saturated heterocycles. The smallest absolute Gasteiger partial charge is 0.233 e. The van der Waals surface area contributed by atoms with Gasteiger partial charge in [-0.1, -0.05) is 23.8 Å². The predicted molar refractivity (Wildman–Crippen MR) is 99.6 cm³/mol. The van der Waals surface area contributed by atoms with Crippen LogP contribution in [0, 0.1) is 0 Å². The van der Waals surface area contributed by atoms with Crippen LogP contribution in [0.5, 0.6) is 5.75 Å². The number of anilines is 1. The Bertz CT molecular complexity index is 623. The summed E-state index contributed by atoms with van der Waals surface area (Å²) >= 11 is 0. The zero-order valence-corrected chi connectivity index (χ0v) is 15.1. The van der Waals surface area contributed by atoms with Crippen LogP contribution in [0.3, 0.4) is 0 Å². The number of allylic oxidation sites excluding steroid dienone is 1. The van der Waals surface area contributed by atoms with Crippen LogP contribution in [0.4, 0.5) is 5.69 Å². The van der Waals surface area contributed by atoms with E-state index in [0.717, 1.165) is 19.3 Å². The van der Waals surface area contributed by atoms with Crippen LogP contribution < -0.4 is 15.4 Å². The number of benzene rings is 1. The van der Waals surface area contributed by atoms with Crippen molar-refractivity contribution in [3.8, 4) is 5.75 Å². The first-order valence-corrected chi connectivity index (χ1v) is 9.04. The van der Waals surface area contributed by atoms with E-state index in [0.29, 0.717) is 18.0 Å². The highest BCUT2D eigenvalue weighted by Gasteiger charge is 2.13. The molecule has 0 saturated carbocycles. The van der Waals surface area contributed by atoms with Gasteiger partial charge in [-0.3, -0.25) is 9.59 Å². The minimum absolute atomic E-state index is 0.00967. The third-order valence-corrected chi connectivity index (χ3v) is 4.00. The second-order valence-corrected chi connectivity index (χ2v) is 6.60. The van der Waals surface area contributed by atoms with Crippen molar-refractivity contribution in [3.05, 3.63) is 35.9 Å². The van der Waals surface area contributed by atoms with Gasteiger partial charge in [-0.2, -0.15) is 0 Å². The Kier molecular flexibility index (Phi) is 7.51. The number of para-hydroxylation sites is 2. The van der Waals surface area contributed by atoms with E-state index in [1.807, 2.05) is 26.0 Å². The Morgan fingerprint density at radius 1 is 1.16 bits per heavy atom. The Morgan fingerprint density at radius 3 is 2.68 bits per heavy atom. The third-order valence-electron chi connectivity index (χ3n) is 4.00. The number of nitrogens with one attached hydrogen (secondary N) is 2. The van der Waals surface area contributed by atoms with Gasteiger partial charge in [0.05, 0.1) is 11.8 Å². The first-order valence-electron chi connectivity index (χ1n) is 9.04. The molecule has 5 heteroatoms. The lowest BCUT2D eigenvalue weighted by atomic mass is 9.97. The van der Waals surface area contributed by atoms with E-state index in [4.69, 9.17) is 4.74 Å². The van der Waals surface area contributed by atoms with Gasteiger partial charge in [-0.15, -0.1) is 0 Å². The largest absolute Gasteiger partial charge is 0.489 e. The Balaban J connectivity index is 1.76. The van der Waals surface area contributed by atoms with E-state index in [9.17, 15) is 9.59 Å². The summed E-state index contributed by atoms with van der Waals surface area (Å²) in [7, 11) is 0. The van der Waals surface area contributed by atoms with Crippen molar-refractivity contribution in [2.45, 2.75) is 58.5 Å². The molecule has 0 heterocycles. The van der Waals surface area contributed by atoms with Crippen LogP contribution in [-0.2, 0) is 9.59 Å². The van der Waals surface area contributed by atoms with Crippen molar-refractivity contribution in [1.29, 1.82) is 0 Å². The van der Waals surface area contributed by atoms with Crippen molar-refractivity contribution in [2.24, 2.45) is 0 Å². The summed E-state index contributed by atoms with van der Waals surface area (Å²) in [4.78, 5) is 24.0. The molecule has 25 heavy (non-hydrogen) atoms. The maximum Gasteiger partial charge on any atom is 0.233 e. The molecule has 1 aliphatic carbocycles. The highest BCUT2D eigenvalue weighted by atomic mass is 16.5. The van der Waals surface area contributed by atoms with Crippen molar-refractivity contribution >= 4 is 17.5 Å². The highest BCUT2D eigenvalue weighted by molar-refractivity contribution is 6.04. The highest BCUT2D eigenvalue weighted by Crippen LogP contribution is 2.25. The molecule has 1 aromatic rings. The van der Waals surface area contributed by atoms with Crippen molar-refractivity contribution in [2.75, 3.05) is 11.9 Å². The molecule has 1 aromatic carbocycles. The van der Waals surface area contributed by atoms with Crippen molar-refractivity contribution in [1.82, 2.24) is 5.32 Å². The zero-order chi connectivity index (χ0) is 18.1. The maximum atomic E-state index is 12.1. The second kappa shape index (κ2) is 9.87. The molecular formula is C20H28N2O3. The van der Waals surface area contributed by atoms with E-state index >= 15 is 0 Å². The summed E-state index contributed by atoms with van der Waals surface area (Å²) in [5, 5.41) is 5.57. The van der Waals surface area contributed by atoms with Gasteiger partial charge in [0, 0.05) is 6.54 Å². The van der Waals surface area contributed by atoms with Gasteiger partial charge < -0.3 is 15.4 Å². The lowest BCUT2D eigenvalue weighted by molar-refractivity contribution is -0.126. The molecule has 0 bridgehead atoms. The average Bonchev–Trinajstić information content (AvgIpc) is 2.57. The number of carbonyl (C=O) groups excluding carboxylic acids is 2. The summed E-state index contributed by atoms with van der Waals surface area (Å²) in [6.45, 7) is 4.44. The van der Waals surface area contributed by atoms with E-state index in [1.165, 1.54) is 18.4 Å². The molecule has 0 radical (unpaired) electrons. The molecular weight excluding hydrogens is 316 g/mol. The molecule has 0 fully saturated rings. The monoisotopic (exact) mass is 344 g/mol. The van der Waals surface area contributed by atoms with Crippen molar-refractivity contribution in [3.63, 3.8) is 0 Å². The van der Waals surface area contributed by atoms with E-state index in [-0.39, 0.29) is 24.3 Å². The number of hydrogen-bond acceptors (Lipinski definition) is 3. The third kappa shape index (κ3) is 6.99. The van der Waals surface area contributed by atoms with Crippen LogP contribution in [0.1, 0.15) is 52.4 Å². The van der Waals surface area contributed by atoms with Gasteiger partial charge in [0.2, 0.25) is 11.8 Å². The van der Waals surface area contributed by atoms with Crippen LogP contribution in [0.2, 0.25) is 0 Å². The van der Waals surface area contributed by atoms with E-state index in [1.54, 1.807) is 12.1 Å². The number of carbonyl (C=O) groups is 2. The number of ether oxygens (including phenoxy) is 1. The molecule has 5 nitrogen and oxygen atoms in total. The quantitative estimate of drug-likeness (QED) is 0.557. The first-order chi connectivity index (χ1) is 12.0. The van der Waals surface area contributed by atoms with E-state index in [2.05, 4.69) is 16.7 Å². The number of amides is 2. The SMILES string of the molecule is CC(C)Oc1ccccc1NC(=O)CC(=O)NCCC1=CCCCC1. The molecule has 0 aliphatic heterocycles. The molecule has 0 unspecified atom stereocenters. The van der Waals surface area contributed by atoms with Gasteiger partial charge in [-0.05, 0) is 58.1 Å². The Hall–Kier alpha value is -2.30. The van der Waals surface area contributed by atoms with Gasteiger partial charge in [0.25, 0.3) is 0 Å². The fourth-order valence-electron chi connectivity index (χ4n) is 2.82. The Labute approximate surface area is 149 Å². The van der Waals surface area contributed by atoms with Crippen LogP contribution in [0.25, 0.3) is 0 Å². The minimum atomic E-state index is -0.339. The predicted octanol–water partition coefficient (Wildman–Crippen LogP) is 3.81. The minimum Gasteiger partial charge on any atom is -0.489 e. The standard InChI is InChI=1S/C20H28N2O3/c1-15(2)25-18-11-7-6-10-17(18)22-20(24)14-19(23)21-13-12-16-8-4-3-5-9-16/h6-8,10-11,15H,3-5,9,12-14H2,1-2H3,(H,21,23)(H,22,24). The number of hydrogen-bond donors (Lipinski definition) is 2. The summed E-state index contributed by atoms with van der Waals surface area (Å²) < 4.78 is 5.66. The van der Waals surface area contributed by atoms with E-state index < -0.39 is 0 Å². The normalized spacial score (nSPS) is 14.0.